The molecule has 0 aliphatic rings. The van der Waals surface area contributed by atoms with Crippen LogP contribution in [0.5, 0.6) is 0 Å². The number of hydroxylamine groups is 1. The molecule has 128 valence electrons. The first-order valence-electron chi connectivity index (χ1n) is 6.90. The Morgan fingerprint density at radius 2 is 1.75 bits per heavy atom. The zero-order chi connectivity index (χ0) is 17.7. The fraction of sp³-hybridized carbons (Fsp3) is 0.188. The predicted octanol–water partition coefficient (Wildman–Crippen LogP) is 2.36. The van der Waals surface area contributed by atoms with Gasteiger partial charge in [0.25, 0.3) is 10.0 Å². The smallest absolute Gasteiger partial charge is 0.338 e. The van der Waals surface area contributed by atoms with Crippen molar-refractivity contribution in [1.29, 1.82) is 0 Å². The normalized spacial score (nSPS) is 11.5. The molecule has 0 heterocycles. The van der Waals surface area contributed by atoms with Gasteiger partial charge < -0.3 is 4.74 Å². The largest absolute Gasteiger partial charge is 0.457 e. The van der Waals surface area contributed by atoms with Gasteiger partial charge in [-0.05, 0) is 30.3 Å². The van der Waals surface area contributed by atoms with Crippen molar-refractivity contribution < 1.29 is 27.2 Å². The third-order valence-electron chi connectivity index (χ3n) is 3.30. The van der Waals surface area contributed by atoms with Crippen LogP contribution in [0.1, 0.15) is 15.9 Å². The summed E-state index contributed by atoms with van der Waals surface area (Å²) in [7, 11) is -1.30. The van der Waals surface area contributed by atoms with Crippen LogP contribution in [0.4, 0.5) is 4.39 Å². The molecule has 0 saturated heterocycles. The maximum Gasteiger partial charge on any atom is 0.338 e. The van der Waals surface area contributed by atoms with Crippen molar-refractivity contribution in [3.8, 4) is 0 Å². The van der Waals surface area contributed by atoms with E-state index < -0.39 is 21.8 Å². The van der Waals surface area contributed by atoms with Crippen LogP contribution >= 0.6 is 0 Å². The highest BCUT2D eigenvalue weighted by atomic mass is 32.2. The number of esters is 1. The lowest BCUT2D eigenvalue weighted by Crippen LogP contribution is -2.25. The fourth-order valence-electron chi connectivity index (χ4n) is 1.85. The number of sulfonamides is 1. The first-order chi connectivity index (χ1) is 11.4. The van der Waals surface area contributed by atoms with Crippen LogP contribution in [0, 0.1) is 5.82 Å². The number of rotatable bonds is 6. The summed E-state index contributed by atoms with van der Waals surface area (Å²) in [4.78, 5) is 16.6. The molecule has 2 aromatic rings. The third kappa shape index (κ3) is 3.97. The lowest BCUT2D eigenvalue weighted by molar-refractivity contribution is -0.0258. The van der Waals surface area contributed by atoms with Crippen molar-refractivity contribution in [3.05, 3.63) is 65.5 Å². The molecule has 6 nitrogen and oxygen atoms in total. The Bertz CT molecular complexity index is 821. The molecule has 2 rings (SSSR count). The number of hydrogen-bond acceptors (Lipinski definition) is 5. The number of carbonyl (C=O) groups is 1. The zero-order valence-corrected chi connectivity index (χ0v) is 13.9. The van der Waals surface area contributed by atoms with Gasteiger partial charge in [0.05, 0.1) is 17.6 Å². The predicted molar refractivity (Wildman–Crippen MR) is 83.9 cm³/mol. The van der Waals surface area contributed by atoms with Gasteiger partial charge in [-0.2, -0.15) is 0 Å². The van der Waals surface area contributed by atoms with Crippen LogP contribution in [0.25, 0.3) is 0 Å². The second-order valence-corrected chi connectivity index (χ2v) is 6.73. The van der Waals surface area contributed by atoms with Gasteiger partial charge in [0.2, 0.25) is 0 Å². The Balaban J connectivity index is 2.08. The molecule has 0 aromatic heterocycles. The van der Waals surface area contributed by atoms with Crippen molar-refractivity contribution in [1.82, 2.24) is 4.47 Å². The molecule has 0 N–H and O–H groups in total. The molecule has 0 aliphatic heterocycles. The lowest BCUT2D eigenvalue weighted by Gasteiger charge is -2.14. The van der Waals surface area contributed by atoms with Gasteiger partial charge in [0.15, 0.2) is 0 Å². The van der Waals surface area contributed by atoms with Crippen molar-refractivity contribution in [2.45, 2.75) is 11.5 Å². The maximum atomic E-state index is 13.5. The Morgan fingerprint density at radius 3 is 2.33 bits per heavy atom. The van der Waals surface area contributed by atoms with Crippen LogP contribution in [-0.2, 0) is 26.2 Å². The van der Waals surface area contributed by atoms with E-state index in [4.69, 9.17) is 4.74 Å². The molecule has 0 atom stereocenters. The molecule has 2 aromatic carbocycles. The summed E-state index contributed by atoms with van der Waals surface area (Å²) >= 11 is 0. The Kier molecular flexibility index (Phi) is 5.66. The minimum atomic E-state index is -3.78. The second-order valence-electron chi connectivity index (χ2n) is 4.79. The molecule has 0 saturated carbocycles. The van der Waals surface area contributed by atoms with Gasteiger partial charge in [-0.3, -0.25) is 4.84 Å². The molecule has 0 amide bonds. The number of nitrogens with zero attached hydrogens (tertiary/aromatic N) is 1. The molecule has 0 radical (unpaired) electrons. The van der Waals surface area contributed by atoms with Crippen molar-refractivity contribution >= 4 is 16.0 Å². The number of halogens is 1. The van der Waals surface area contributed by atoms with Crippen LogP contribution in [0.3, 0.4) is 0 Å². The molecule has 0 bridgehead atoms. The summed E-state index contributed by atoms with van der Waals surface area (Å²) in [6.07, 6.45) is 0. The highest BCUT2D eigenvalue weighted by Crippen LogP contribution is 2.16. The molecule has 0 unspecified atom stereocenters. The summed E-state index contributed by atoms with van der Waals surface area (Å²) < 4.78 is 43.3. The molecular formula is C16H16FNO5S. The van der Waals surface area contributed by atoms with E-state index in [0.717, 1.165) is 0 Å². The highest BCUT2D eigenvalue weighted by molar-refractivity contribution is 7.89. The Hall–Kier alpha value is -2.29. The van der Waals surface area contributed by atoms with E-state index in [9.17, 15) is 17.6 Å². The lowest BCUT2D eigenvalue weighted by atomic mass is 10.2. The van der Waals surface area contributed by atoms with E-state index in [1.807, 2.05) is 0 Å². The fourth-order valence-corrected chi connectivity index (χ4v) is 2.82. The van der Waals surface area contributed by atoms with Crippen LogP contribution in [0.2, 0.25) is 0 Å². The van der Waals surface area contributed by atoms with Crippen molar-refractivity contribution in [2.75, 3.05) is 14.2 Å². The third-order valence-corrected chi connectivity index (χ3v) is 4.99. The number of hydrogen-bond donors (Lipinski definition) is 0. The second kappa shape index (κ2) is 7.52. The van der Waals surface area contributed by atoms with Gasteiger partial charge >= 0.3 is 5.97 Å². The summed E-state index contributed by atoms with van der Waals surface area (Å²) in [5, 5.41) is 0. The monoisotopic (exact) mass is 353 g/mol. The maximum absolute atomic E-state index is 13.5. The van der Waals surface area contributed by atoms with E-state index in [-0.39, 0.29) is 22.6 Å². The van der Waals surface area contributed by atoms with Crippen LogP contribution < -0.4 is 0 Å². The minimum absolute atomic E-state index is 0.0301. The average Bonchev–Trinajstić information content (AvgIpc) is 2.60. The molecule has 0 spiro atoms. The number of benzene rings is 2. The van der Waals surface area contributed by atoms with Crippen molar-refractivity contribution in [2.24, 2.45) is 0 Å². The highest BCUT2D eigenvalue weighted by Gasteiger charge is 2.21. The van der Waals surface area contributed by atoms with E-state index in [2.05, 4.69) is 4.84 Å². The van der Waals surface area contributed by atoms with Gasteiger partial charge in [0, 0.05) is 12.6 Å². The van der Waals surface area contributed by atoms with Crippen molar-refractivity contribution in [3.63, 3.8) is 0 Å². The summed E-state index contributed by atoms with van der Waals surface area (Å²) in [6.45, 7) is -0.210. The average molecular weight is 353 g/mol. The molecule has 0 aliphatic carbocycles. The number of ether oxygens (including phenoxy) is 1. The molecular weight excluding hydrogens is 337 g/mol. The molecule has 8 heteroatoms. The summed E-state index contributed by atoms with van der Waals surface area (Å²) in [5.41, 5.74) is 0.414. The molecule has 24 heavy (non-hydrogen) atoms. The van der Waals surface area contributed by atoms with Gasteiger partial charge in [-0.15, -0.1) is 0 Å². The van der Waals surface area contributed by atoms with Crippen LogP contribution in [-0.4, -0.2) is 33.0 Å². The van der Waals surface area contributed by atoms with E-state index >= 15 is 0 Å². The molecule has 0 fully saturated rings. The summed E-state index contributed by atoms with van der Waals surface area (Å²) in [5.74, 6) is -1.14. The topological polar surface area (TPSA) is 72.9 Å². The van der Waals surface area contributed by atoms with Gasteiger partial charge in [-0.25, -0.2) is 17.6 Å². The zero-order valence-electron chi connectivity index (χ0n) is 13.1. The Morgan fingerprint density at radius 1 is 1.12 bits per heavy atom. The SMILES string of the molecule is CON(C)S(=O)(=O)c1ccc(C(=O)OCc2ccccc2F)cc1. The first kappa shape index (κ1) is 18.1. The van der Waals surface area contributed by atoms with E-state index in [1.54, 1.807) is 6.07 Å². The quantitative estimate of drug-likeness (QED) is 0.589. The van der Waals surface area contributed by atoms with E-state index in [1.165, 1.54) is 56.6 Å². The van der Waals surface area contributed by atoms with Gasteiger partial charge in [-0.1, -0.05) is 22.7 Å². The van der Waals surface area contributed by atoms with E-state index in [0.29, 0.717) is 4.47 Å². The standard InChI is InChI=1S/C16H16FNO5S/c1-18(22-2)24(20,21)14-9-7-12(8-10-14)16(19)23-11-13-5-3-4-6-15(13)17/h3-10H,11H2,1-2H3. The first-order valence-corrected chi connectivity index (χ1v) is 8.34. The van der Waals surface area contributed by atoms with Crippen LogP contribution in [0.15, 0.2) is 53.4 Å². The minimum Gasteiger partial charge on any atom is -0.457 e. The van der Waals surface area contributed by atoms with Gasteiger partial charge in [0.1, 0.15) is 12.4 Å². The Labute approximate surface area is 139 Å². The summed E-state index contributed by atoms with van der Waals surface area (Å²) in [6, 6.07) is 11.1. The number of carbonyl (C=O) groups excluding carboxylic acids is 1.